The van der Waals surface area contributed by atoms with Gasteiger partial charge >= 0.3 is 0 Å². The van der Waals surface area contributed by atoms with Crippen LogP contribution in [0.2, 0.25) is 10.0 Å². The van der Waals surface area contributed by atoms with Crippen molar-refractivity contribution in [2.75, 3.05) is 0 Å². The predicted octanol–water partition coefficient (Wildman–Crippen LogP) is 7.85. The highest BCUT2D eigenvalue weighted by molar-refractivity contribution is 7.98. The van der Waals surface area contributed by atoms with Crippen molar-refractivity contribution in [1.82, 2.24) is 19.2 Å². The molecule has 0 radical (unpaired) electrons. The maximum Gasteiger partial charge on any atom is 0.268 e. The van der Waals surface area contributed by atoms with Crippen LogP contribution in [-0.4, -0.2) is 19.2 Å². The Hall–Kier alpha value is -2.32. The highest BCUT2D eigenvalue weighted by Crippen LogP contribution is 2.43. The fourth-order valence-corrected chi connectivity index (χ4v) is 7.83. The molecule has 3 aromatic heterocycles. The third-order valence-corrected chi connectivity index (χ3v) is 10.3. The van der Waals surface area contributed by atoms with Gasteiger partial charge in [-0.1, -0.05) is 80.0 Å². The second kappa shape index (κ2) is 9.45. The molecular weight excluding hydrogens is 543 g/mol. The monoisotopic (exact) mass is 568 g/mol. The maximum atomic E-state index is 14.1. The summed E-state index contributed by atoms with van der Waals surface area (Å²) < 4.78 is 3.78. The van der Waals surface area contributed by atoms with Crippen molar-refractivity contribution in [2.45, 2.75) is 50.9 Å². The van der Waals surface area contributed by atoms with E-state index in [-0.39, 0.29) is 11.0 Å². The molecule has 0 spiro atoms. The zero-order valence-corrected chi connectivity index (χ0v) is 23.9. The van der Waals surface area contributed by atoms with E-state index in [2.05, 4.69) is 35.4 Å². The van der Waals surface area contributed by atoms with Gasteiger partial charge in [-0.25, -0.2) is 8.97 Å². The Labute approximate surface area is 233 Å². The van der Waals surface area contributed by atoms with Crippen LogP contribution in [0.1, 0.15) is 43.2 Å². The maximum absolute atomic E-state index is 14.1. The van der Waals surface area contributed by atoms with Crippen molar-refractivity contribution in [2.24, 2.45) is 11.3 Å². The first-order chi connectivity index (χ1) is 17.7. The van der Waals surface area contributed by atoms with Crippen LogP contribution in [0.3, 0.4) is 0 Å². The molecule has 0 N–H and O–H groups in total. The Kier molecular flexibility index (Phi) is 6.38. The summed E-state index contributed by atoms with van der Waals surface area (Å²) in [6.45, 7) is 6.94. The van der Waals surface area contributed by atoms with Gasteiger partial charge in [0.15, 0.2) is 5.16 Å². The van der Waals surface area contributed by atoms with Crippen LogP contribution in [0.5, 0.6) is 0 Å². The Morgan fingerprint density at radius 2 is 1.86 bits per heavy atom. The SMILES string of the molecule is CC(C)(C)C1CCc2c(sc3c2c(=O)n(-c2ccccc2)c2nnc(SCc4ccc(Cl)c(Cl)c4)n32)C1. The van der Waals surface area contributed by atoms with E-state index in [1.165, 1.54) is 10.4 Å². The van der Waals surface area contributed by atoms with E-state index in [9.17, 15) is 4.79 Å². The van der Waals surface area contributed by atoms with Crippen LogP contribution in [0.25, 0.3) is 21.7 Å². The van der Waals surface area contributed by atoms with Crippen LogP contribution in [0, 0.1) is 11.3 Å². The number of thioether (sulfide) groups is 1. The van der Waals surface area contributed by atoms with Gasteiger partial charge in [0.1, 0.15) is 4.83 Å². The minimum atomic E-state index is -0.0196. The molecule has 0 aliphatic heterocycles. The average molecular weight is 570 g/mol. The molecule has 9 heteroatoms. The van der Waals surface area contributed by atoms with Crippen LogP contribution in [0.4, 0.5) is 0 Å². The summed E-state index contributed by atoms with van der Waals surface area (Å²) in [5.41, 5.74) is 3.24. The molecule has 190 valence electrons. The van der Waals surface area contributed by atoms with Gasteiger partial charge < -0.3 is 0 Å². The smallest absolute Gasteiger partial charge is 0.268 e. The Bertz CT molecular complexity index is 1700. The van der Waals surface area contributed by atoms with E-state index < -0.39 is 0 Å². The molecular formula is C28H26Cl2N4OS2. The number of thiophene rings is 1. The summed E-state index contributed by atoms with van der Waals surface area (Å²) >= 11 is 15.7. The van der Waals surface area contributed by atoms with Crippen molar-refractivity contribution in [3.8, 4) is 5.69 Å². The number of rotatable bonds is 4. The van der Waals surface area contributed by atoms with E-state index in [1.807, 2.05) is 48.5 Å². The van der Waals surface area contributed by atoms with E-state index in [1.54, 1.807) is 27.7 Å². The number of para-hydroxylation sites is 1. The van der Waals surface area contributed by atoms with Gasteiger partial charge in [0, 0.05) is 10.6 Å². The first-order valence-electron chi connectivity index (χ1n) is 12.3. The van der Waals surface area contributed by atoms with E-state index in [0.717, 1.165) is 45.9 Å². The molecule has 1 atom stereocenters. The van der Waals surface area contributed by atoms with Gasteiger partial charge in [-0.15, -0.1) is 21.5 Å². The molecule has 6 rings (SSSR count). The molecule has 37 heavy (non-hydrogen) atoms. The summed E-state index contributed by atoms with van der Waals surface area (Å²) in [7, 11) is 0. The van der Waals surface area contributed by atoms with E-state index in [4.69, 9.17) is 23.2 Å². The Morgan fingerprint density at radius 1 is 1.08 bits per heavy atom. The van der Waals surface area contributed by atoms with Gasteiger partial charge in [0.2, 0.25) is 5.78 Å². The van der Waals surface area contributed by atoms with Crippen molar-refractivity contribution in [3.05, 3.63) is 84.9 Å². The van der Waals surface area contributed by atoms with Gasteiger partial charge in [0.25, 0.3) is 5.56 Å². The van der Waals surface area contributed by atoms with Gasteiger partial charge in [-0.3, -0.25) is 4.79 Å². The summed E-state index contributed by atoms with van der Waals surface area (Å²) in [4.78, 5) is 16.3. The number of nitrogens with zero attached hydrogens (tertiary/aromatic N) is 4. The normalized spacial score (nSPS) is 16.0. The van der Waals surface area contributed by atoms with Crippen molar-refractivity contribution in [1.29, 1.82) is 0 Å². The summed E-state index contributed by atoms with van der Waals surface area (Å²) in [5.74, 6) is 1.77. The second-order valence-electron chi connectivity index (χ2n) is 10.6. The fraction of sp³-hybridized carbons (Fsp3) is 0.321. The molecule has 0 amide bonds. The van der Waals surface area contributed by atoms with Gasteiger partial charge in [-0.05, 0) is 66.0 Å². The lowest BCUT2D eigenvalue weighted by molar-refractivity contribution is 0.218. The number of benzene rings is 2. The van der Waals surface area contributed by atoms with Crippen LogP contribution in [0.15, 0.2) is 58.5 Å². The summed E-state index contributed by atoms with van der Waals surface area (Å²) in [5, 5.41) is 11.7. The molecule has 3 heterocycles. The molecule has 1 aliphatic rings. The zero-order chi connectivity index (χ0) is 25.9. The van der Waals surface area contributed by atoms with Crippen molar-refractivity contribution >= 4 is 62.3 Å². The number of hydrogen-bond acceptors (Lipinski definition) is 5. The molecule has 5 nitrogen and oxygen atoms in total. The molecule has 2 aromatic carbocycles. The number of aryl methyl sites for hydroxylation is 1. The van der Waals surface area contributed by atoms with E-state index in [0.29, 0.717) is 27.5 Å². The standard InChI is InChI=1S/C28H26Cl2N4OS2/c1-28(2,3)17-10-11-19-22(14-17)37-25-23(19)24(35)33(18-7-5-4-6-8-18)26-31-32-27(34(25)26)36-15-16-9-12-20(29)21(30)13-16/h4-9,12-13,17H,10-11,14-15H2,1-3H3. The first-order valence-corrected chi connectivity index (χ1v) is 14.8. The molecule has 1 unspecified atom stereocenters. The largest absolute Gasteiger partial charge is 0.268 e. The lowest BCUT2D eigenvalue weighted by atomic mass is 9.72. The highest BCUT2D eigenvalue weighted by atomic mass is 35.5. The Balaban J connectivity index is 1.54. The molecule has 0 saturated heterocycles. The van der Waals surface area contributed by atoms with Crippen LogP contribution >= 0.6 is 46.3 Å². The number of aromatic nitrogens is 4. The molecule has 1 aliphatic carbocycles. The molecule has 0 bridgehead atoms. The average Bonchev–Trinajstić information content (AvgIpc) is 3.46. The topological polar surface area (TPSA) is 52.2 Å². The molecule has 5 aromatic rings. The third-order valence-electron chi connectivity index (χ3n) is 7.27. The highest BCUT2D eigenvalue weighted by Gasteiger charge is 2.33. The van der Waals surface area contributed by atoms with Crippen LogP contribution < -0.4 is 5.56 Å². The predicted molar refractivity (Wildman–Crippen MR) is 155 cm³/mol. The summed E-state index contributed by atoms with van der Waals surface area (Å²) in [6, 6.07) is 15.4. The fourth-order valence-electron chi connectivity index (χ4n) is 5.16. The minimum absolute atomic E-state index is 0.0196. The van der Waals surface area contributed by atoms with Gasteiger partial charge in [0.05, 0.1) is 21.1 Å². The van der Waals surface area contributed by atoms with E-state index >= 15 is 0 Å². The summed E-state index contributed by atoms with van der Waals surface area (Å²) in [6.07, 6.45) is 3.01. The van der Waals surface area contributed by atoms with Crippen molar-refractivity contribution in [3.63, 3.8) is 0 Å². The molecule has 0 saturated carbocycles. The number of hydrogen-bond donors (Lipinski definition) is 0. The quantitative estimate of drug-likeness (QED) is 0.207. The van der Waals surface area contributed by atoms with Crippen LogP contribution in [-0.2, 0) is 18.6 Å². The lowest BCUT2D eigenvalue weighted by Gasteiger charge is -2.33. The Morgan fingerprint density at radius 3 is 2.59 bits per heavy atom. The van der Waals surface area contributed by atoms with Crippen molar-refractivity contribution < 1.29 is 0 Å². The lowest BCUT2D eigenvalue weighted by Crippen LogP contribution is -2.27. The minimum Gasteiger partial charge on any atom is -0.268 e. The van der Waals surface area contributed by atoms with Gasteiger partial charge in [-0.2, -0.15) is 0 Å². The first kappa shape index (κ1) is 25.0. The zero-order valence-electron chi connectivity index (χ0n) is 20.8. The number of halogens is 2. The molecule has 0 fully saturated rings. The third kappa shape index (κ3) is 4.40. The number of fused-ring (bicyclic) bond motifs is 5. The second-order valence-corrected chi connectivity index (χ2v) is 13.5.